The predicted octanol–water partition coefficient (Wildman–Crippen LogP) is 1.61. The summed E-state index contributed by atoms with van der Waals surface area (Å²) in [6.45, 7) is 0. The van der Waals surface area contributed by atoms with Gasteiger partial charge in [0.05, 0.1) is 0 Å². The highest BCUT2D eigenvalue weighted by atomic mass is 15.2. The molecule has 0 amide bonds. The van der Waals surface area contributed by atoms with E-state index in [1.165, 1.54) is 0 Å². The molecule has 0 aliphatic rings. The number of nitrogens with two attached hydrogens (primary N) is 1. The van der Waals surface area contributed by atoms with Crippen molar-refractivity contribution in [1.82, 2.24) is 0 Å². The molecule has 2 heteroatoms. The summed E-state index contributed by atoms with van der Waals surface area (Å²) in [4.78, 5) is 0. The Morgan fingerprint density at radius 3 is 2.00 bits per heavy atom. The zero-order valence-electron chi connectivity index (χ0n) is 4.46. The molecule has 1 aromatic carbocycles. The second-order valence-electron chi connectivity index (χ2n) is 1.51. The van der Waals surface area contributed by atoms with Gasteiger partial charge in [0.1, 0.15) is 0 Å². The molecule has 1 rings (SSSR count). The van der Waals surface area contributed by atoms with Crippen molar-refractivity contribution in [2.75, 3.05) is 5.43 Å². The number of anilines is 1. The van der Waals surface area contributed by atoms with Crippen LogP contribution in [0.4, 0.5) is 5.69 Å². The average molecular weight is 124 g/mol. The fourth-order valence-electron chi connectivity index (χ4n) is 0.534. The lowest BCUT2D eigenvalue weighted by molar-refractivity contribution is 1.35. The Labute approximate surface area is 55.7 Å². The molecular formula is C7H12N2. The summed E-state index contributed by atoms with van der Waals surface area (Å²) >= 11 is 0. The molecule has 1 aromatic rings. The normalized spacial score (nSPS) is 7.67. The van der Waals surface area contributed by atoms with Gasteiger partial charge in [-0.2, -0.15) is 0 Å². The largest absolute Gasteiger partial charge is 0.324 e. The van der Waals surface area contributed by atoms with E-state index in [4.69, 9.17) is 5.84 Å². The molecule has 2 nitrogen and oxygen atoms in total. The smallest absolute Gasteiger partial charge is 0.0485 e. The van der Waals surface area contributed by atoms with Gasteiger partial charge in [0.15, 0.2) is 0 Å². The fraction of sp³-hybridized carbons (Fsp3) is 0.143. The number of hydrogen-bond acceptors (Lipinski definition) is 2. The molecule has 0 saturated heterocycles. The van der Waals surface area contributed by atoms with Crippen LogP contribution >= 0.6 is 0 Å². The number of rotatable bonds is 1. The Kier molecular flexibility index (Phi) is 3.48. The number of hydrogen-bond donors (Lipinski definition) is 2. The first-order valence-corrected chi connectivity index (χ1v) is 2.45. The van der Waals surface area contributed by atoms with Gasteiger partial charge in [-0.1, -0.05) is 25.6 Å². The fourth-order valence-corrected chi connectivity index (χ4v) is 0.534. The maximum atomic E-state index is 5.10. The number of benzene rings is 1. The van der Waals surface area contributed by atoms with E-state index in [-0.39, 0.29) is 7.43 Å². The zero-order valence-corrected chi connectivity index (χ0v) is 4.46. The van der Waals surface area contributed by atoms with Crippen molar-refractivity contribution in [2.45, 2.75) is 7.43 Å². The Morgan fingerprint density at radius 1 is 1.11 bits per heavy atom. The molecule has 0 aliphatic carbocycles. The van der Waals surface area contributed by atoms with Gasteiger partial charge in [0.25, 0.3) is 0 Å². The van der Waals surface area contributed by atoms with Gasteiger partial charge < -0.3 is 5.43 Å². The summed E-state index contributed by atoms with van der Waals surface area (Å²) in [5, 5.41) is 0. The summed E-state index contributed by atoms with van der Waals surface area (Å²) in [5.41, 5.74) is 3.46. The third-order valence-corrected chi connectivity index (χ3v) is 0.940. The van der Waals surface area contributed by atoms with Crippen molar-refractivity contribution >= 4 is 5.69 Å². The molecular weight excluding hydrogens is 112 g/mol. The van der Waals surface area contributed by atoms with Crippen molar-refractivity contribution in [2.24, 2.45) is 5.84 Å². The van der Waals surface area contributed by atoms with E-state index in [0.29, 0.717) is 0 Å². The first-order valence-electron chi connectivity index (χ1n) is 2.45. The Hall–Kier alpha value is -1.02. The van der Waals surface area contributed by atoms with Crippen LogP contribution in [0.5, 0.6) is 0 Å². The summed E-state index contributed by atoms with van der Waals surface area (Å²) in [6.07, 6.45) is 0. The van der Waals surface area contributed by atoms with Crippen LogP contribution in [0, 0.1) is 0 Å². The number of nitrogens with one attached hydrogen (secondary N) is 1. The molecule has 0 bridgehead atoms. The number of para-hydroxylation sites is 1. The third-order valence-electron chi connectivity index (χ3n) is 0.940. The van der Waals surface area contributed by atoms with E-state index < -0.39 is 0 Å². The van der Waals surface area contributed by atoms with Crippen LogP contribution in [-0.2, 0) is 0 Å². The van der Waals surface area contributed by atoms with Crippen LogP contribution in [0.2, 0.25) is 0 Å². The summed E-state index contributed by atoms with van der Waals surface area (Å²) < 4.78 is 0. The van der Waals surface area contributed by atoms with Gasteiger partial charge >= 0.3 is 0 Å². The van der Waals surface area contributed by atoms with Crippen LogP contribution in [0.1, 0.15) is 7.43 Å². The molecule has 0 fully saturated rings. The van der Waals surface area contributed by atoms with E-state index in [0.717, 1.165) is 5.69 Å². The molecule has 0 atom stereocenters. The molecule has 3 N–H and O–H groups in total. The summed E-state index contributed by atoms with van der Waals surface area (Å²) in [5.74, 6) is 5.10. The van der Waals surface area contributed by atoms with Gasteiger partial charge in [-0.05, 0) is 12.1 Å². The zero-order chi connectivity index (χ0) is 5.82. The van der Waals surface area contributed by atoms with E-state index in [1.807, 2.05) is 30.3 Å². The van der Waals surface area contributed by atoms with E-state index in [2.05, 4.69) is 5.43 Å². The van der Waals surface area contributed by atoms with Crippen molar-refractivity contribution in [3.63, 3.8) is 0 Å². The van der Waals surface area contributed by atoms with Gasteiger partial charge in [0, 0.05) is 5.69 Å². The average Bonchev–Trinajstić information content (AvgIpc) is 1.90. The minimum atomic E-state index is 0. The molecule has 9 heavy (non-hydrogen) atoms. The van der Waals surface area contributed by atoms with Crippen LogP contribution in [0.25, 0.3) is 0 Å². The van der Waals surface area contributed by atoms with E-state index >= 15 is 0 Å². The first-order chi connectivity index (χ1) is 3.93. The van der Waals surface area contributed by atoms with Crippen molar-refractivity contribution in [3.05, 3.63) is 30.3 Å². The monoisotopic (exact) mass is 124 g/mol. The highest BCUT2D eigenvalue weighted by Gasteiger charge is 1.78. The van der Waals surface area contributed by atoms with Crippen molar-refractivity contribution in [1.29, 1.82) is 0 Å². The molecule has 0 heterocycles. The van der Waals surface area contributed by atoms with Crippen LogP contribution in [0.3, 0.4) is 0 Å². The lowest BCUT2D eigenvalue weighted by Crippen LogP contribution is -2.05. The highest BCUT2D eigenvalue weighted by molar-refractivity contribution is 5.40. The first kappa shape index (κ1) is 7.98. The topological polar surface area (TPSA) is 38.0 Å². The second-order valence-corrected chi connectivity index (χ2v) is 1.51. The molecule has 0 unspecified atom stereocenters. The molecule has 0 radical (unpaired) electrons. The standard InChI is InChI=1S/C6H8N2.CH4/c7-8-6-4-2-1-3-5-6;/h1-5,8H,7H2;1H4. The molecule has 0 aromatic heterocycles. The quantitative estimate of drug-likeness (QED) is 0.441. The van der Waals surface area contributed by atoms with Gasteiger partial charge in [0.2, 0.25) is 0 Å². The predicted molar refractivity (Wildman–Crippen MR) is 41.0 cm³/mol. The van der Waals surface area contributed by atoms with Crippen molar-refractivity contribution in [3.8, 4) is 0 Å². The lowest BCUT2D eigenvalue weighted by atomic mass is 10.3. The highest BCUT2D eigenvalue weighted by Crippen LogP contribution is 2.00. The minimum absolute atomic E-state index is 0. The Balaban J connectivity index is 0.000000640. The van der Waals surface area contributed by atoms with E-state index in [9.17, 15) is 0 Å². The van der Waals surface area contributed by atoms with Gasteiger partial charge in [-0.3, -0.25) is 5.84 Å². The molecule has 0 aliphatic heterocycles. The van der Waals surface area contributed by atoms with Gasteiger partial charge in [-0.25, -0.2) is 0 Å². The molecule has 0 spiro atoms. The number of hydrazine groups is 1. The maximum Gasteiger partial charge on any atom is 0.0485 e. The SMILES string of the molecule is C.NNc1ccccc1. The van der Waals surface area contributed by atoms with Crippen LogP contribution in [-0.4, -0.2) is 0 Å². The minimum Gasteiger partial charge on any atom is -0.324 e. The lowest BCUT2D eigenvalue weighted by Gasteiger charge is -1.94. The summed E-state index contributed by atoms with van der Waals surface area (Å²) in [6, 6.07) is 9.60. The van der Waals surface area contributed by atoms with E-state index in [1.54, 1.807) is 0 Å². The summed E-state index contributed by atoms with van der Waals surface area (Å²) in [7, 11) is 0. The Morgan fingerprint density at radius 2 is 1.67 bits per heavy atom. The molecule has 0 saturated carbocycles. The Bertz CT molecular complexity index is 148. The van der Waals surface area contributed by atoms with Crippen molar-refractivity contribution < 1.29 is 0 Å². The maximum absolute atomic E-state index is 5.10. The van der Waals surface area contributed by atoms with Gasteiger partial charge in [-0.15, -0.1) is 0 Å². The van der Waals surface area contributed by atoms with Crippen LogP contribution < -0.4 is 11.3 Å². The van der Waals surface area contributed by atoms with Crippen LogP contribution in [0.15, 0.2) is 30.3 Å². The number of nitrogen functional groups attached to an aromatic ring is 1. The molecule has 50 valence electrons. The third kappa shape index (κ3) is 2.15. The second kappa shape index (κ2) is 3.92.